The van der Waals surface area contributed by atoms with E-state index < -0.39 is 5.97 Å². The number of esters is 1. The van der Waals surface area contributed by atoms with E-state index >= 15 is 0 Å². The summed E-state index contributed by atoms with van der Waals surface area (Å²) in [5, 5.41) is 2.93. The van der Waals surface area contributed by atoms with Gasteiger partial charge in [0, 0.05) is 13.1 Å². The second-order valence-corrected chi connectivity index (χ2v) is 6.21. The lowest BCUT2D eigenvalue weighted by molar-refractivity contribution is 0.0526. The van der Waals surface area contributed by atoms with Crippen molar-refractivity contribution in [2.24, 2.45) is 0 Å². The highest BCUT2D eigenvalue weighted by atomic mass is 16.5. The highest BCUT2D eigenvalue weighted by Gasteiger charge is 2.20. The summed E-state index contributed by atoms with van der Waals surface area (Å²) < 4.78 is 15.8. The zero-order valence-electron chi connectivity index (χ0n) is 16.1. The lowest BCUT2D eigenvalue weighted by Crippen LogP contribution is -2.36. The van der Waals surface area contributed by atoms with E-state index in [9.17, 15) is 9.59 Å². The molecule has 2 aromatic carbocycles. The fraction of sp³-hybridized carbons (Fsp3) is 0.333. The Morgan fingerprint density at radius 2 is 1.89 bits per heavy atom. The molecule has 0 bridgehead atoms. The van der Waals surface area contributed by atoms with Gasteiger partial charge in [-0.15, -0.1) is 0 Å². The first kappa shape index (κ1) is 19.7. The molecule has 7 nitrogen and oxygen atoms in total. The zero-order chi connectivity index (χ0) is 19.9. The maximum Gasteiger partial charge on any atom is 0.338 e. The predicted molar refractivity (Wildman–Crippen MR) is 106 cm³/mol. The number of nitrogens with zero attached hydrogens (tertiary/aromatic N) is 1. The number of ether oxygens (including phenoxy) is 3. The summed E-state index contributed by atoms with van der Waals surface area (Å²) in [4.78, 5) is 27.2. The maximum atomic E-state index is 12.9. The first-order chi connectivity index (χ1) is 13.6. The monoisotopic (exact) mass is 384 g/mol. The van der Waals surface area contributed by atoms with Crippen LogP contribution in [0.4, 0.5) is 11.4 Å². The normalized spacial score (nSPS) is 13.7. The third-order valence-corrected chi connectivity index (χ3v) is 4.46. The Hall–Kier alpha value is -3.06. The molecule has 28 heavy (non-hydrogen) atoms. The maximum absolute atomic E-state index is 12.9. The van der Waals surface area contributed by atoms with Crippen molar-refractivity contribution in [3.05, 3.63) is 53.6 Å². The van der Waals surface area contributed by atoms with Crippen molar-refractivity contribution in [3.8, 4) is 5.75 Å². The van der Waals surface area contributed by atoms with Crippen LogP contribution in [0.25, 0.3) is 0 Å². The second-order valence-electron chi connectivity index (χ2n) is 6.21. The molecule has 1 heterocycles. The van der Waals surface area contributed by atoms with Gasteiger partial charge >= 0.3 is 5.97 Å². The molecule has 0 saturated carbocycles. The van der Waals surface area contributed by atoms with Crippen molar-refractivity contribution in [3.63, 3.8) is 0 Å². The van der Waals surface area contributed by atoms with Gasteiger partial charge in [0.15, 0.2) is 0 Å². The number of carbonyl (C=O) groups excluding carboxylic acids is 2. The van der Waals surface area contributed by atoms with E-state index in [1.54, 1.807) is 43.3 Å². The van der Waals surface area contributed by atoms with Gasteiger partial charge < -0.3 is 24.4 Å². The van der Waals surface area contributed by atoms with Crippen LogP contribution in [0.5, 0.6) is 5.75 Å². The van der Waals surface area contributed by atoms with Crippen LogP contribution < -0.4 is 15.0 Å². The lowest BCUT2D eigenvalue weighted by atomic mass is 10.1. The number of hydrogen-bond donors (Lipinski definition) is 1. The highest BCUT2D eigenvalue weighted by Crippen LogP contribution is 2.30. The molecule has 1 aliphatic heterocycles. The van der Waals surface area contributed by atoms with Gasteiger partial charge in [0.05, 0.1) is 49.4 Å². The minimum absolute atomic E-state index is 0.285. The molecule has 0 atom stereocenters. The van der Waals surface area contributed by atoms with E-state index in [1.165, 1.54) is 7.11 Å². The van der Waals surface area contributed by atoms with Crippen molar-refractivity contribution in [2.75, 3.05) is 50.2 Å². The van der Waals surface area contributed by atoms with Crippen LogP contribution in [0.3, 0.4) is 0 Å². The van der Waals surface area contributed by atoms with Crippen molar-refractivity contribution < 1.29 is 23.8 Å². The highest BCUT2D eigenvalue weighted by molar-refractivity contribution is 6.08. The number of anilines is 2. The standard InChI is InChI=1S/C21H24N2O5/c1-3-28-21(25)15-8-9-18(23-10-12-27-13-11-23)17(14-15)22-20(24)16-6-4-5-7-19(16)26-2/h4-9,14H,3,10-13H2,1-2H3,(H,22,24). The molecule has 7 heteroatoms. The largest absolute Gasteiger partial charge is 0.496 e. The fourth-order valence-corrected chi connectivity index (χ4v) is 3.08. The van der Waals surface area contributed by atoms with Crippen LogP contribution in [0, 0.1) is 0 Å². The van der Waals surface area contributed by atoms with Gasteiger partial charge in [0.25, 0.3) is 5.91 Å². The number of hydrogen-bond acceptors (Lipinski definition) is 6. The lowest BCUT2D eigenvalue weighted by Gasteiger charge is -2.30. The molecule has 1 saturated heterocycles. The Morgan fingerprint density at radius 1 is 1.14 bits per heavy atom. The number of nitrogens with one attached hydrogen (secondary N) is 1. The molecule has 1 aliphatic rings. The third kappa shape index (κ3) is 4.43. The van der Waals surface area contributed by atoms with E-state index in [0.29, 0.717) is 48.9 Å². The topological polar surface area (TPSA) is 77.1 Å². The molecule has 0 spiro atoms. The molecule has 0 radical (unpaired) electrons. The van der Waals surface area contributed by atoms with Crippen LogP contribution in [-0.4, -0.2) is 51.9 Å². The van der Waals surface area contributed by atoms with Crippen LogP contribution >= 0.6 is 0 Å². The van der Waals surface area contributed by atoms with Crippen LogP contribution in [0.15, 0.2) is 42.5 Å². The number of methoxy groups -OCH3 is 1. The molecule has 0 aromatic heterocycles. The molecule has 0 aliphatic carbocycles. The molecule has 148 valence electrons. The molecule has 2 aromatic rings. The quantitative estimate of drug-likeness (QED) is 0.772. The predicted octanol–water partition coefficient (Wildman–Crippen LogP) is 2.96. The Kier molecular flexibility index (Phi) is 6.49. The van der Waals surface area contributed by atoms with Gasteiger partial charge in [-0.3, -0.25) is 4.79 Å². The summed E-state index contributed by atoms with van der Waals surface area (Å²) in [6.07, 6.45) is 0. The van der Waals surface area contributed by atoms with Gasteiger partial charge in [-0.25, -0.2) is 4.79 Å². The van der Waals surface area contributed by atoms with E-state index in [2.05, 4.69) is 10.2 Å². The molecule has 3 rings (SSSR count). The molecule has 1 fully saturated rings. The van der Waals surface area contributed by atoms with E-state index in [4.69, 9.17) is 14.2 Å². The summed E-state index contributed by atoms with van der Waals surface area (Å²) in [6.45, 7) is 4.67. The van der Waals surface area contributed by atoms with Gasteiger partial charge in [-0.2, -0.15) is 0 Å². The summed E-state index contributed by atoms with van der Waals surface area (Å²) >= 11 is 0. The van der Waals surface area contributed by atoms with Gasteiger partial charge in [0.1, 0.15) is 5.75 Å². The number of para-hydroxylation sites is 1. The van der Waals surface area contributed by atoms with Crippen LogP contribution in [-0.2, 0) is 9.47 Å². The van der Waals surface area contributed by atoms with Crippen molar-refractivity contribution in [2.45, 2.75) is 6.92 Å². The Balaban J connectivity index is 1.94. The number of amides is 1. The summed E-state index contributed by atoms with van der Waals surface area (Å²) in [7, 11) is 1.52. The third-order valence-electron chi connectivity index (χ3n) is 4.46. The Labute approximate surface area is 164 Å². The zero-order valence-corrected chi connectivity index (χ0v) is 16.1. The van der Waals surface area contributed by atoms with Gasteiger partial charge in [0.2, 0.25) is 0 Å². The first-order valence-electron chi connectivity index (χ1n) is 9.22. The number of carbonyl (C=O) groups is 2. The van der Waals surface area contributed by atoms with E-state index in [0.717, 1.165) is 5.69 Å². The summed E-state index contributed by atoms with van der Waals surface area (Å²) in [5.41, 5.74) is 2.18. The van der Waals surface area contributed by atoms with Crippen LogP contribution in [0.1, 0.15) is 27.6 Å². The smallest absolute Gasteiger partial charge is 0.338 e. The molecular weight excluding hydrogens is 360 g/mol. The Bertz CT molecular complexity index is 846. The van der Waals surface area contributed by atoms with Gasteiger partial charge in [-0.1, -0.05) is 12.1 Å². The average molecular weight is 384 g/mol. The number of rotatable bonds is 6. The van der Waals surface area contributed by atoms with Crippen molar-refractivity contribution >= 4 is 23.3 Å². The SMILES string of the molecule is CCOC(=O)c1ccc(N2CCOCC2)c(NC(=O)c2ccccc2OC)c1. The minimum atomic E-state index is -0.427. The van der Waals surface area contributed by atoms with Crippen LogP contribution in [0.2, 0.25) is 0 Å². The van der Waals surface area contributed by atoms with E-state index in [-0.39, 0.29) is 12.5 Å². The summed E-state index contributed by atoms with van der Waals surface area (Å²) in [5.74, 6) is -0.258. The molecule has 1 N–H and O–H groups in total. The summed E-state index contributed by atoms with van der Waals surface area (Å²) in [6, 6.07) is 12.2. The van der Waals surface area contributed by atoms with E-state index in [1.807, 2.05) is 6.07 Å². The number of morpholine rings is 1. The second kappa shape index (κ2) is 9.23. The fourth-order valence-electron chi connectivity index (χ4n) is 3.08. The molecule has 1 amide bonds. The average Bonchev–Trinajstić information content (AvgIpc) is 2.74. The van der Waals surface area contributed by atoms with Gasteiger partial charge in [-0.05, 0) is 37.3 Å². The number of benzene rings is 2. The van der Waals surface area contributed by atoms with Crippen molar-refractivity contribution in [1.29, 1.82) is 0 Å². The van der Waals surface area contributed by atoms with Crippen molar-refractivity contribution in [1.82, 2.24) is 0 Å². The minimum Gasteiger partial charge on any atom is -0.496 e. The molecular formula is C21H24N2O5. The first-order valence-corrected chi connectivity index (χ1v) is 9.22. The molecule has 0 unspecified atom stereocenters. The Morgan fingerprint density at radius 3 is 2.61 bits per heavy atom.